The van der Waals surface area contributed by atoms with Crippen LogP contribution >= 0.6 is 23.4 Å². The summed E-state index contributed by atoms with van der Waals surface area (Å²) in [4.78, 5) is 40.4. The van der Waals surface area contributed by atoms with Gasteiger partial charge >= 0.3 is 5.97 Å². The van der Waals surface area contributed by atoms with Crippen LogP contribution in [0.4, 0.5) is 4.79 Å². The Balaban J connectivity index is 1.21. The maximum Gasteiger partial charge on any atom is 0.309 e. The molecule has 366 valence electrons. The molecule has 65 heavy (non-hydrogen) atoms. The van der Waals surface area contributed by atoms with E-state index in [9.17, 15) is 29.7 Å². The van der Waals surface area contributed by atoms with E-state index >= 15 is 0 Å². The van der Waals surface area contributed by atoms with Gasteiger partial charge in [-0.3, -0.25) is 14.4 Å². The second-order valence-corrected chi connectivity index (χ2v) is 22.0. The number of aliphatic hydroxyl groups is 2. The van der Waals surface area contributed by atoms with Gasteiger partial charge in [-0.15, -0.1) is 0 Å². The van der Waals surface area contributed by atoms with Crippen molar-refractivity contribution in [2.45, 2.75) is 211 Å². The smallest absolute Gasteiger partial charge is 0.309 e. The van der Waals surface area contributed by atoms with Gasteiger partial charge < -0.3 is 44.3 Å². The fraction of sp³-hybridized carbons (Fsp3) is 0.784. The highest BCUT2D eigenvalue weighted by molar-refractivity contribution is 8.12. The number of amides is 1. The van der Waals surface area contributed by atoms with Crippen molar-refractivity contribution in [1.82, 2.24) is 5.32 Å². The topological polar surface area (TPSA) is 170 Å². The van der Waals surface area contributed by atoms with Crippen molar-refractivity contribution < 1.29 is 53.4 Å². The lowest BCUT2D eigenvalue weighted by Crippen LogP contribution is -2.62. The zero-order valence-electron chi connectivity index (χ0n) is 40.4. The highest BCUT2D eigenvalue weighted by Gasteiger charge is 2.57. The SMILES string of the molecule is CC[C@@H](C(=O)[C@@H](C)[C@@H](O)[C@H](C)[C@@H]1O[C@@H]([C@@H](CC)C(=O)O)CC[C@@H]1C)[C@H]1O[C@]2(C=C[C@@H](NC(=O)SCc3ccc(Cl)cc3)C(C3CC[C@@](C)([C@H]4CC[C@](O)(CC)[C@H](C)O4)O3)O2)[C@H](C)C[C@@H]1C. The Bertz CT molecular complexity index is 1820. The molecule has 19 atom stereocenters. The number of ketones is 1. The summed E-state index contributed by atoms with van der Waals surface area (Å²) < 4.78 is 34.4. The normalized spacial score (nSPS) is 39.9. The molecule has 4 saturated heterocycles. The number of aliphatic carboxylic acids is 1. The fourth-order valence-electron chi connectivity index (χ4n) is 11.7. The Morgan fingerprint density at radius 2 is 1.58 bits per heavy atom. The Morgan fingerprint density at radius 3 is 2.22 bits per heavy atom. The highest BCUT2D eigenvalue weighted by Crippen LogP contribution is 2.49. The lowest BCUT2D eigenvalue weighted by atomic mass is 9.72. The standard InChI is InChI=1S/C51H78ClNO11S/c1-11-36(47(56)57)39-19-14-28(4)44(61-39)32(8)42(54)31(7)43(55)37(12-2)45-29(5)26-30(6)51(63-45)25-20-38(53-48(58)65-27-34-15-17-35(52)18-16-34)46(64-51)40-21-23-49(10,62-40)41-22-24-50(59,13-3)33(9)60-41/h15-18,20,25,28-33,36-42,44-46,54,59H,11-14,19,21-24,26-27H2,1-10H3,(H,53,58)(H,56,57)/t28-,29-,30+,31-,32-,33-,36+,37-,38+,39+,40?,41+,42+,44+,45-,46?,49-,50+,51-/m0/s1. The maximum absolute atomic E-state index is 14.7. The molecule has 6 rings (SSSR count). The number of rotatable bonds is 16. The first-order valence-electron chi connectivity index (χ1n) is 24.6. The molecule has 0 saturated carbocycles. The van der Waals surface area contributed by atoms with Crippen LogP contribution in [0.2, 0.25) is 5.02 Å². The second-order valence-electron chi connectivity index (χ2n) is 20.6. The molecule has 1 aromatic carbocycles. The van der Waals surface area contributed by atoms with Crippen molar-refractivity contribution in [3.05, 3.63) is 47.0 Å². The number of benzene rings is 1. The summed E-state index contributed by atoms with van der Waals surface area (Å²) in [5.74, 6) is -4.07. The summed E-state index contributed by atoms with van der Waals surface area (Å²) >= 11 is 7.27. The third-order valence-corrected chi connectivity index (χ3v) is 17.4. The Kier molecular flexibility index (Phi) is 17.5. The second kappa shape index (κ2) is 21.7. The van der Waals surface area contributed by atoms with E-state index in [1.165, 1.54) is 11.8 Å². The average molecular weight is 949 g/mol. The van der Waals surface area contributed by atoms with Crippen LogP contribution in [0.5, 0.6) is 0 Å². The third-order valence-electron chi connectivity index (χ3n) is 16.3. The molecule has 5 heterocycles. The zero-order chi connectivity index (χ0) is 47.6. The van der Waals surface area contributed by atoms with Gasteiger partial charge in [-0.1, -0.05) is 97.0 Å². The number of hydrogen-bond donors (Lipinski definition) is 4. The lowest BCUT2D eigenvalue weighted by Gasteiger charge is -2.52. The number of hydrogen-bond acceptors (Lipinski definition) is 11. The van der Waals surface area contributed by atoms with E-state index in [-0.39, 0.29) is 41.0 Å². The van der Waals surface area contributed by atoms with Crippen molar-refractivity contribution >= 4 is 40.4 Å². The van der Waals surface area contributed by atoms with Crippen LogP contribution in [0.15, 0.2) is 36.4 Å². The molecule has 0 bridgehead atoms. The summed E-state index contributed by atoms with van der Waals surface area (Å²) in [7, 11) is 0. The quantitative estimate of drug-likeness (QED) is 0.116. The van der Waals surface area contributed by atoms with Gasteiger partial charge in [-0.2, -0.15) is 0 Å². The molecule has 4 N–H and O–H groups in total. The van der Waals surface area contributed by atoms with Crippen LogP contribution < -0.4 is 5.32 Å². The van der Waals surface area contributed by atoms with Crippen LogP contribution in [0, 0.1) is 41.4 Å². The van der Waals surface area contributed by atoms with E-state index in [1.54, 1.807) is 6.92 Å². The first kappa shape index (κ1) is 52.3. The number of carboxylic acids is 1. The molecule has 5 aliphatic heterocycles. The Morgan fingerprint density at radius 1 is 0.892 bits per heavy atom. The summed E-state index contributed by atoms with van der Waals surface area (Å²) in [6, 6.07) is 6.89. The van der Waals surface area contributed by atoms with E-state index in [2.05, 4.69) is 33.0 Å². The average Bonchev–Trinajstić information content (AvgIpc) is 3.69. The van der Waals surface area contributed by atoms with E-state index in [0.29, 0.717) is 68.6 Å². The zero-order valence-corrected chi connectivity index (χ0v) is 41.9. The van der Waals surface area contributed by atoms with Gasteiger partial charge in [-0.05, 0) is 114 Å². The first-order valence-corrected chi connectivity index (χ1v) is 25.9. The molecule has 2 unspecified atom stereocenters. The van der Waals surface area contributed by atoms with E-state index in [1.807, 2.05) is 71.0 Å². The number of thioether (sulfide) groups is 1. The maximum atomic E-state index is 14.7. The van der Waals surface area contributed by atoms with Gasteiger partial charge in [-0.25, -0.2) is 0 Å². The molecule has 1 amide bonds. The number of carbonyl (C=O) groups excluding carboxylic acids is 2. The van der Waals surface area contributed by atoms with Gasteiger partial charge in [0, 0.05) is 34.4 Å². The molecule has 1 spiro atoms. The molecule has 12 nitrogen and oxygen atoms in total. The van der Waals surface area contributed by atoms with Crippen LogP contribution in [0.3, 0.4) is 0 Å². The van der Waals surface area contributed by atoms with Gasteiger partial charge in [0.15, 0.2) is 5.79 Å². The van der Waals surface area contributed by atoms with Crippen LogP contribution in [0.25, 0.3) is 0 Å². The summed E-state index contributed by atoms with van der Waals surface area (Å²) in [5.41, 5.74) is -0.558. The van der Waals surface area contributed by atoms with Crippen molar-refractivity contribution in [3.63, 3.8) is 0 Å². The predicted octanol–water partition coefficient (Wildman–Crippen LogP) is 9.53. The van der Waals surface area contributed by atoms with E-state index < -0.39 is 89.3 Å². The number of nitrogens with one attached hydrogen (secondary N) is 1. The minimum absolute atomic E-state index is 0.00823. The minimum atomic E-state index is -1.22. The third kappa shape index (κ3) is 11.4. The number of ether oxygens (including phenoxy) is 5. The summed E-state index contributed by atoms with van der Waals surface area (Å²) in [6.07, 6.45) is 6.18. The lowest BCUT2D eigenvalue weighted by molar-refractivity contribution is -0.327. The highest BCUT2D eigenvalue weighted by atomic mass is 35.5. The van der Waals surface area contributed by atoms with Crippen molar-refractivity contribution in [2.24, 2.45) is 41.4 Å². The Hall–Kier alpha value is -2.07. The predicted molar refractivity (Wildman–Crippen MR) is 253 cm³/mol. The number of aliphatic hydroxyl groups excluding tert-OH is 1. The van der Waals surface area contributed by atoms with Crippen LogP contribution in [-0.4, -0.2) is 104 Å². The first-order chi connectivity index (χ1) is 30.7. The molecule has 0 aliphatic carbocycles. The number of halogens is 1. The molecule has 14 heteroatoms. The molecule has 5 aliphatic rings. The number of Topliss-reactive ketones (excluding diaryl/α,β-unsaturated/α-hetero) is 1. The van der Waals surface area contributed by atoms with Gasteiger partial charge in [0.25, 0.3) is 5.24 Å². The molecule has 1 aromatic rings. The van der Waals surface area contributed by atoms with Crippen molar-refractivity contribution in [3.8, 4) is 0 Å². The van der Waals surface area contributed by atoms with Crippen LogP contribution in [0.1, 0.15) is 139 Å². The largest absolute Gasteiger partial charge is 0.481 e. The van der Waals surface area contributed by atoms with E-state index in [0.717, 1.165) is 12.0 Å². The van der Waals surface area contributed by atoms with Crippen LogP contribution in [-0.2, 0) is 39.0 Å². The van der Waals surface area contributed by atoms with Gasteiger partial charge in [0.1, 0.15) is 11.9 Å². The monoisotopic (exact) mass is 947 g/mol. The molecule has 4 fully saturated rings. The van der Waals surface area contributed by atoms with Crippen molar-refractivity contribution in [2.75, 3.05) is 0 Å². The fourth-order valence-corrected chi connectivity index (χ4v) is 12.6. The Labute approximate surface area is 397 Å². The van der Waals surface area contributed by atoms with E-state index in [4.69, 9.17) is 35.3 Å². The summed E-state index contributed by atoms with van der Waals surface area (Å²) in [5, 5.41) is 36.6. The summed E-state index contributed by atoms with van der Waals surface area (Å²) in [6.45, 7) is 19.8. The van der Waals surface area contributed by atoms with Crippen molar-refractivity contribution in [1.29, 1.82) is 0 Å². The molecular formula is C51H78ClNO11S. The molecule has 0 aromatic heterocycles. The number of carbonyl (C=O) groups is 3. The van der Waals surface area contributed by atoms with Gasteiger partial charge in [0.05, 0.1) is 65.9 Å². The van der Waals surface area contributed by atoms with Gasteiger partial charge in [0.2, 0.25) is 0 Å². The number of carboxylic acid groups (broad SMARTS) is 1. The molecular weight excluding hydrogens is 870 g/mol. The molecule has 0 radical (unpaired) electrons. The minimum Gasteiger partial charge on any atom is -0.481 e.